The van der Waals surface area contributed by atoms with E-state index in [0.29, 0.717) is 24.7 Å². The van der Waals surface area contributed by atoms with Gasteiger partial charge in [0.05, 0.1) is 11.1 Å². The van der Waals surface area contributed by atoms with E-state index in [-0.39, 0.29) is 17.7 Å². The maximum absolute atomic E-state index is 12.7. The van der Waals surface area contributed by atoms with Gasteiger partial charge < -0.3 is 14.2 Å². The summed E-state index contributed by atoms with van der Waals surface area (Å²) in [7, 11) is 0. The summed E-state index contributed by atoms with van der Waals surface area (Å²) in [6, 6.07) is 9.26. The molecule has 0 amide bonds. The Morgan fingerprint density at radius 1 is 1.04 bits per heavy atom. The van der Waals surface area contributed by atoms with Crippen LogP contribution in [0.3, 0.4) is 0 Å². The first-order valence-electron chi connectivity index (χ1n) is 7.16. The lowest BCUT2D eigenvalue weighted by atomic mass is 10.1. The molecule has 1 heterocycles. The van der Waals surface area contributed by atoms with Gasteiger partial charge in [0.2, 0.25) is 0 Å². The van der Waals surface area contributed by atoms with E-state index in [4.69, 9.17) is 14.2 Å². The van der Waals surface area contributed by atoms with Gasteiger partial charge in [0.1, 0.15) is 19.8 Å². The molecule has 2 aromatic carbocycles. The van der Waals surface area contributed by atoms with E-state index in [1.54, 1.807) is 6.07 Å². The Hall–Kier alpha value is -2.70. The number of carbonyl (C=O) groups excluding carboxylic acids is 1. The number of fused-ring (bicyclic) bond motifs is 1. The van der Waals surface area contributed by atoms with Gasteiger partial charge >= 0.3 is 12.1 Å². The number of hydrogen-bond acceptors (Lipinski definition) is 4. The molecule has 0 radical (unpaired) electrons. The van der Waals surface area contributed by atoms with E-state index in [2.05, 4.69) is 0 Å². The number of hydrogen-bond donors (Lipinski definition) is 0. The summed E-state index contributed by atoms with van der Waals surface area (Å²) in [4.78, 5) is 12.0. The molecule has 126 valence electrons. The number of esters is 1. The Morgan fingerprint density at radius 3 is 2.54 bits per heavy atom. The first-order valence-corrected chi connectivity index (χ1v) is 7.16. The SMILES string of the molecule is O=C(OCc1cccc(C(F)(F)F)c1)c1ccc2c(c1)OCCO2. The van der Waals surface area contributed by atoms with Crippen molar-refractivity contribution in [3.05, 3.63) is 59.2 Å². The Balaban J connectivity index is 1.68. The van der Waals surface area contributed by atoms with Crippen LogP contribution in [0.4, 0.5) is 13.2 Å². The Kier molecular flexibility index (Phi) is 4.33. The minimum atomic E-state index is -4.43. The summed E-state index contributed by atoms with van der Waals surface area (Å²) in [6.45, 7) is 0.569. The Morgan fingerprint density at radius 2 is 1.79 bits per heavy atom. The molecule has 0 aromatic heterocycles. The average molecular weight is 338 g/mol. The van der Waals surface area contributed by atoms with Crippen molar-refractivity contribution < 1.29 is 32.2 Å². The van der Waals surface area contributed by atoms with E-state index >= 15 is 0 Å². The van der Waals surface area contributed by atoms with E-state index < -0.39 is 17.7 Å². The van der Waals surface area contributed by atoms with E-state index in [9.17, 15) is 18.0 Å². The third-order valence-electron chi connectivity index (χ3n) is 3.40. The lowest BCUT2D eigenvalue weighted by Gasteiger charge is -2.18. The van der Waals surface area contributed by atoms with Gasteiger partial charge in [-0.05, 0) is 35.9 Å². The fourth-order valence-electron chi connectivity index (χ4n) is 2.24. The molecule has 1 aliphatic heterocycles. The smallest absolute Gasteiger partial charge is 0.416 e. The Labute approximate surface area is 135 Å². The molecule has 0 saturated carbocycles. The summed E-state index contributed by atoms with van der Waals surface area (Å²) in [5.74, 6) is 0.329. The Bertz CT molecular complexity index is 756. The highest BCUT2D eigenvalue weighted by molar-refractivity contribution is 5.90. The molecular formula is C17H13F3O4. The van der Waals surface area contributed by atoms with Gasteiger partial charge in [-0.2, -0.15) is 13.2 Å². The zero-order valence-electron chi connectivity index (χ0n) is 12.4. The largest absolute Gasteiger partial charge is 0.486 e. The first-order chi connectivity index (χ1) is 11.4. The van der Waals surface area contributed by atoms with Crippen molar-refractivity contribution in [2.75, 3.05) is 13.2 Å². The molecule has 4 nitrogen and oxygen atoms in total. The summed E-state index contributed by atoms with van der Waals surface area (Å²) < 4.78 is 53.8. The van der Waals surface area contributed by atoms with E-state index in [0.717, 1.165) is 12.1 Å². The quantitative estimate of drug-likeness (QED) is 0.798. The fourth-order valence-corrected chi connectivity index (χ4v) is 2.24. The highest BCUT2D eigenvalue weighted by atomic mass is 19.4. The topological polar surface area (TPSA) is 44.8 Å². The number of halogens is 3. The van der Waals surface area contributed by atoms with Crippen molar-refractivity contribution in [2.45, 2.75) is 12.8 Å². The maximum atomic E-state index is 12.7. The van der Waals surface area contributed by atoms with Crippen LogP contribution in [0.15, 0.2) is 42.5 Å². The van der Waals surface area contributed by atoms with Gasteiger partial charge in [0.25, 0.3) is 0 Å². The molecule has 2 aromatic rings. The fraction of sp³-hybridized carbons (Fsp3) is 0.235. The number of rotatable bonds is 3. The summed E-state index contributed by atoms with van der Waals surface area (Å²) in [5.41, 5.74) is -0.280. The van der Waals surface area contributed by atoms with Crippen LogP contribution in [0.2, 0.25) is 0 Å². The van der Waals surface area contributed by atoms with Crippen LogP contribution >= 0.6 is 0 Å². The molecule has 0 saturated heterocycles. The zero-order chi connectivity index (χ0) is 17.2. The molecule has 0 fully saturated rings. The lowest BCUT2D eigenvalue weighted by molar-refractivity contribution is -0.137. The van der Waals surface area contributed by atoms with Crippen LogP contribution < -0.4 is 9.47 Å². The van der Waals surface area contributed by atoms with Crippen LogP contribution in [0.25, 0.3) is 0 Å². The monoisotopic (exact) mass is 338 g/mol. The van der Waals surface area contributed by atoms with Crippen molar-refractivity contribution in [3.63, 3.8) is 0 Å². The lowest BCUT2D eigenvalue weighted by Crippen LogP contribution is -2.16. The number of ether oxygens (including phenoxy) is 3. The molecule has 0 bridgehead atoms. The van der Waals surface area contributed by atoms with Gasteiger partial charge in [0, 0.05) is 0 Å². The summed E-state index contributed by atoms with van der Waals surface area (Å²) >= 11 is 0. The van der Waals surface area contributed by atoms with Crippen molar-refractivity contribution in [1.29, 1.82) is 0 Å². The second kappa shape index (κ2) is 6.43. The molecule has 0 N–H and O–H groups in total. The van der Waals surface area contributed by atoms with Crippen molar-refractivity contribution in [1.82, 2.24) is 0 Å². The number of benzene rings is 2. The predicted molar refractivity (Wildman–Crippen MR) is 78.0 cm³/mol. The highest BCUT2D eigenvalue weighted by Gasteiger charge is 2.30. The van der Waals surface area contributed by atoms with Crippen molar-refractivity contribution >= 4 is 5.97 Å². The van der Waals surface area contributed by atoms with Crippen LogP contribution in [0, 0.1) is 0 Å². The molecule has 1 aliphatic rings. The van der Waals surface area contributed by atoms with Gasteiger partial charge in [-0.25, -0.2) is 4.79 Å². The van der Waals surface area contributed by atoms with Crippen LogP contribution in [0.5, 0.6) is 11.5 Å². The van der Waals surface area contributed by atoms with Gasteiger partial charge in [0.15, 0.2) is 11.5 Å². The van der Waals surface area contributed by atoms with Gasteiger partial charge in [-0.1, -0.05) is 12.1 Å². The van der Waals surface area contributed by atoms with Gasteiger partial charge in [-0.15, -0.1) is 0 Å². The minimum absolute atomic E-state index is 0.242. The summed E-state index contributed by atoms with van der Waals surface area (Å²) in [6.07, 6.45) is -4.43. The second-order valence-electron chi connectivity index (χ2n) is 5.13. The number of carbonyl (C=O) groups is 1. The van der Waals surface area contributed by atoms with Crippen LogP contribution in [-0.4, -0.2) is 19.2 Å². The van der Waals surface area contributed by atoms with Crippen LogP contribution in [-0.2, 0) is 17.5 Å². The molecule has 0 atom stereocenters. The average Bonchev–Trinajstić information content (AvgIpc) is 2.59. The second-order valence-corrected chi connectivity index (χ2v) is 5.13. The van der Waals surface area contributed by atoms with Crippen molar-refractivity contribution in [2.24, 2.45) is 0 Å². The highest BCUT2D eigenvalue weighted by Crippen LogP contribution is 2.31. The third-order valence-corrected chi connectivity index (χ3v) is 3.40. The normalized spacial score (nSPS) is 13.5. The maximum Gasteiger partial charge on any atom is 0.416 e. The van der Waals surface area contributed by atoms with E-state index in [1.807, 2.05) is 0 Å². The summed E-state index contributed by atoms with van der Waals surface area (Å²) in [5, 5.41) is 0. The van der Waals surface area contributed by atoms with Crippen LogP contribution in [0.1, 0.15) is 21.5 Å². The third kappa shape index (κ3) is 3.61. The van der Waals surface area contributed by atoms with Crippen molar-refractivity contribution in [3.8, 4) is 11.5 Å². The van der Waals surface area contributed by atoms with E-state index in [1.165, 1.54) is 24.3 Å². The predicted octanol–water partition coefficient (Wildman–Crippen LogP) is 3.83. The minimum Gasteiger partial charge on any atom is -0.486 e. The number of alkyl halides is 3. The molecule has 0 aliphatic carbocycles. The molecule has 7 heteroatoms. The van der Waals surface area contributed by atoms with Gasteiger partial charge in [-0.3, -0.25) is 0 Å². The molecule has 3 rings (SSSR count). The molecular weight excluding hydrogens is 325 g/mol. The first kappa shape index (κ1) is 16.2. The molecule has 24 heavy (non-hydrogen) atoms. The molecule has 0 unspecified atom stereocenters. The standard InChI is InChI=1S/C17H13F3O4/c18-17(19,20)13-3-1-2-11(8-13)10-24-16(21)12-4-5-14-15(9-12)23-7-6-22-14/h1-5,8-9H,6-7,10H2. The zero-order valence-corrected chi connectivity index (χ0v) is 12.4. The molecule has 0 spiro atoms.